The maximum Gasteiger partial charge on any atom is 0.270 e. The fraction of sp³-hybridized carbons (Fsp3) is 0.273. The standard InChI is InChI=1S/C22H22N4O/c1-14-6-4-10-18-20(14)25-21(24-18)16-8-5-11-26(13-16)22(27)19-12-15-7-2-3-9-17(15)23-19/h2-4,6-7,9-10,12,16,23H,5,8,11,13H2,1H3,(H,24,25)/t16-/m1/s1. The molecule has 1 aliphatic rings. The van der Waals surface area contributed by atoms with Gasteiger partial charge in [0.1, 0.15) is 11.5 Å². The van der Waals surface area contributed by atoms with Gasteiger partial charge in [-0.1, -0.05) is 30.3 Å². The Bertz CT molecular complexity index is 1110. The van der Waals surface area contributed by atoms with Crippen LogP contribution in [0.1, 0.15) is 40.6 Å². The molecule has 2 aromatic carbocycles. The van der Waals surface area contributed by atoms with E-state index in [1.165, 1.54) is 5.56 Å². The molecule has 1 aliphatic heterocycles. The van der Waals surface area contributed by atoms with Crippen LogP contribution in [-0.2, 0) is 0 Å². The van der Waals surface area contributed by atoms with E-state index in [1.54, 1.807) is 0 Å². The number of rotatable bonds is 2. The summed E-state index contributed by atoms with van der Waals surface area (Å²) in [4.78, 5) is 26.6. The maximum atomic E-state index is 13.0. The van der Waals surface area contributed by atoms with Crippen LogP contribution in [0.25, 0.3) is 21.9 Å². The highest BCUT2D eigenvalue weighted by Crippen LogP contribution is 2.28. The molecule has 5 rings (SSSR count). The van der Waals surface area contributed by atoms with Gasteiger partial charge in [-0.25, -0.2) is 4.98 Å². The molecule has 136 valence electrons. The number of H-pyrrole nitrogens is 2. The number of nitrogens with zero attached hydrogens (tertiary/aromatic N) is 2. The number of amides is 1. The highest BCUT2D eigenvalue weighted by atomic mass is 16.2. The van der Waals surface area contributed by atoms with Crippen LogP contribution in [0.5, 0.6) is 0 Å². The predicted octanol–water partition coefficient (Wildman–Crippen LogP) is 4.37. The zero-order valence-corrected chi connectivity index (χ0v) is 15.3. The molecule has 0 radical (unpaired) electrons. The van der Waals surface area contributed by atoms with Crippen molar-refractivity contribution >= 4 is 27.8 Å². The Morgan fingerprint density at radius 2 is 1.96 bits per heavy atom. The minimum absolute atomic E-state index is 0.0724. The number of imidazole rings is 1. The number of piperidine rings is 1. The van der Waals surface area contributed by atoms with Crippen LogP contribution in [0, 0.1) is 6.92 Å². The average Bonchev–Trinajstić information content (AvgIpc) is 3.32. The average molecular weight is 358 g/mol. The molecule has 5 nitrogen and oxygen atoms in total. The van der Waals surface area contributed by atoms with Crippen molar-refractivity contribution < 1.29 is 4.79 Å². The van der Waals surface area contributed by atoms with Crippen molar-refractivity contribution in [3.63, 3.8) is 0 Å². The summed E-state index contributed by atoms with van der Waals surface area (Å²) in [7, 11) is 0. The Balaban J connectivity index is 1.41. The number of aryl methyl sites for hydroxylation is 1. The van der Waals surface area contributed by atoms with Gasteiger partial charge in [0.25, 0.3) is 5.91 Å². The number of hydrogen-bond donors (Lipinski definition) is 2. The number of carbonyl (C=O) groups excluding carboxylic acids is 1. The van der Waals surface area contributed by atoms with Gasteiger partial charge in [0.05, 0.1) is 11.0 Å². The van der Waals surface area contributed by atoms with Crippen LogP contribution in [-0.4, -0.2) is 38.8 Å². The molecule has 2 N–H and O–H groups in total. The number of benzene rings is 2. The van der Waals surface area contributed by atoms with Crippen molar-refractivity contribution in [1.82, 2.24) is 19.9 Å². The molecular formula is C22H22N4O. The first-order valence-electron chi connectivity index (χ1n) is 9.51. The van der Waals surface area contributed by atoms with Gasteiger partial charge in [-0.15, -0.1) is 0 Å². The molecule has 0 unspecified atom stereocenters. The Hall–Kier alpha value is -3.08. The fourth-order valence-electron chi connectivity index (χ4n) is 4.13. The molecule has 0 spiro atoms. The third-order valence-electron chi connectivity index (χ3n) is 5.59. The van der Waals surface area contributed by atoms with E-state index in [9.17, 15) is 4.79 Å². The number of hydrogen-bond acceptors (Lipinski definition) is 2. The lowest BCUT2D eigenvalue weighted by Crippen LogP contribution is -2.39. The second-order valence-corrected chi connectivity index (χ2v) is 7.45. The van der Waals surface area contributed by atoms with Gasteiger partial charge >= 0.3 is 0 Å². The highest BCUT2D eigenvalue weighted by molar-refractivity contribution is 5.98. The van der Waals surface area contributed by atoms with Crippen LogP contribution in [0.4, 0.5) is 0 Å². The summed E-state index contributed by atoms with van der Waals surface area (Å²) in [5.41, 5.74) is 4.95. The van der Waals surface area contributed by atoms with Gasteiger partial charge in [-0.2, -0.15) is 0 Å². The van der Waals surface area contributed by atoms with Crippen molar-refractivity contribution in [1.29, 1.82) is 0 Å². The third-order valence-corrected chi connectivity index (χ3v) is 5.59. The largest absolute Gasteiger partial charge is 0.351 e. The van der Waals surface area contributed by atoms with E-state index in [4.69, 9.17) is 4.98 Å². The normalized spacial score (nSPS) is 17.7. The van der Waals surface area contributed by atoms with Crippen molar-refractivity contribution in [2.45, 2.75) is 25.7 Å². The van der Waals surface area contributed by atoms with Crippen LogP contribution < -0.4 is 0 Å². The van der Waals surface area contributed by atoms with Crippen LogP contribution in [0.15, 0.2) is 48.5 Å². The molecule has 4 aromatic rings. The lowest BCUT2D eigenvalue weighted by atomic mass is 9.97. The molecule has 2 aromatic heterocycles. The van der Waals surface area contributed by atoms with Crippen molar-refractivity contribution in [3.8, 4) is 0 Å². The molecule has 0 bridgehead atoms. The summed E-state index contributed by atoms with van der Waals surface area (Å²) in [6.45, 7) is 3.58. The predicted molar refractivity (Wildman–Crippen MR) is 107 cm³/mol. The number of aromatic amines is 2. The van der Waals surface area contributed by atoms with Crippen LogP contribution in [0.2, 0.25) is 0 Å². The Kier molecular flexibility index (Phi) is 3.74. The number of likely N-dealkylation sites (tertiary alicyclic amines) is 1. The van der Waals surface area contributed by atoms with Gasteiger partial charge < -0.3 is 14.9 Å². The monoisotopic (exact) mass is 358 g/mol. The fourth-order valence-corrected chi connectivity index (χ4v) is 4.13. The first kappa shape index (κ1) is 16.1. The van der Waals surface area contributed by atoms with Crippen molar-refractivity contribution in [2.24, 2.45) is 0 Å². The van der Waals surface area contributed by atoms with Gasteiger partial charge in [0, 0.05) is 29.9 Å². The minimum atomic E-state index is 0.0724. The number of aromatic nitrogens is 3. The summed E-state index contributed by atoms with van der Waals surface area (Å²) in [6, 6.07) is 16.1. The molecule has 3 heterocycles. The highest BCUT2D eigenvalue weighted by Gasteiger charge is 2.28. The Labute approximate surface area is 157 Å². The number of carbonyl (C=O) groups is 1. The molecule has 1 fully saturated rings. The molecule has 27 heavy (non-hydrogen) atoms. The number of fused-ring (bicyclic) bond motifs is 2. The van der Waals surface area contributed by atoms with E-state index >= 15 is 0 Å². The van der Waals surface area contributed by atoms with E-state index in [0.29, 0.717) is 12.2 Å². The first-order valence-corrected chi connectivity index (χ1v) is 9.51. The summed E-state index contributed by atoms with van der Waals surface area (Å²) in [5, 5.41) is 1.07. The minimum Gasteiger partial charge on any atom is -0.351 e. The summed E-state index contributed by atoms with van der Waals surface area (Å²) >= 11 is 0. The lowest BCUT2D eigenvalue weighted by molar-refractivity contribution is 0.0700. The SMILES string of the molecule is Cc1cccc2[nH]c([C@@H]3CCCN(C(=O)c4cc5ccccc5[nH]4)C3)nc12. The Morgan fingerprint density at radius 1 is 1.11 bits per heavy atom. The summed E-state index contributed by atoms with van der Waals surface area (Å²) in [6.07, 6.45) is 2.04. The molecule has 0 saturated carbocycles. The van der Waals surface area contributed by atoms with Crippen molar-refractivity contribution in [3.05, 3.63) is 65.6 Å². The zero-order valence-electron chi connectivity index (χ0n) is 15.3. The van der Waals surface area contributed by atoms with E-state index in [1.807, 2.05) is 41.3 Å². The van der Waals surface area contributed by atoms with Crippen molar-refractivity contribution in [2.75, 3.05) is 13.1 Å². The van der Waals surface area contributed by atoms with Gasteiger partial charge in [-0.05, 0) is 43.5 Å². The first-order chi connectivity index (χ1) is 13.2. The van der Waals surface area contributed by atoms with Gasteiger partial charge in [0.2, 0.25) is 0 Å². The molecule has 1 atom stereocenters. The van der Waals surface area contributed by atoms with Gasteiger partial charge in [-0.3, -0.25) is 4.79 Å². The van der Waals surface area contributed by atoms with E-state index in [-0.39, 0.29) is 11.8 Å². The van der Waals surface area contributed by atoms with E-state index in [0.717, 1.165) is 47.1 Å². The second-order valence-electron chi connectivity index (χ2n) is 7.45. The molecule has 1 saturated heterocycles. The smallest absolute Gasteiger partial charge is 0.270 e. The van der Waals surface area contributed by atoms with Crippen LogP contribution in [0.3, 0.4) is 0 Å². The zero-order chi connectivity index (χ0) is 18.4. The van der Waals surface area contributed by atoms with E-state index in [2.05, 4.69) is 29.0 Å². The Morgan fingerprint density at radius 3 is 2.81 bits per heavy atom. The van der Waals surface area contributed by atoms with Crippen LogP contribution >= 0.6 is 0 Å². The number of nitrogens with one attached hydrogen (secondary N) is 2. The quantitative estimate of drug-likeness (QED) is 0.559. The molecule has 5 heteroatoms. The number of para-hydroxylation sites is 2. The summed E-state index contributed by atoms with van der Waals surface area (Å²) < 4.78 is 0. The van der Waals surface area contributed by atoms with E-state index < -0.39 is 0 Å². The second kappa shape index (κ2) is 6.27. The maximum absolute atomic E-state index is 13.0. The molecule has 0 aliphatic carbocycles. The summed E-state index contributed by atoms with van der Waals surface area (Å²) in [5.74, 6) is 1.32. The third kappa shape index (κ3) is 2.79. The topological polar surface area (TPSA) is 64.8 Å². The molecular weight excluding hydrogens is 336 g/mol. The van der Waals surface area contributed by atoms with Gasteiger partial charge in [0.15, 0.2) is 0 Å². The molecule has 1 amide bonds. The lowest BCUT2D eigenvalue weighted by Gasteiger charge is -2.31.